The van der Waals surface area contributed by atoms with Gasteiger partial charge in [0.2, 0.25) is 5.91 Å². The number of imide groups is 1. The van der Waals surface area contributed by atoms with Crippen LogP contribution in [0, 0.1) is 0 Å². The Morgan fingerprint density at radius 2 is 1.38 bits per heavy atom. The number of urea groups is 1. The highest BCUT2D eigenvalue weighted by atomic mass is 28.3. The van der Waals surface area contributed by atoms with Gasteiger partial charge in [-0.05, 0) is 5.56 Å². The molecule has 1 aliphatic rings. The van der Waals surface area contributed by atoms with Gasteiger partial charge in [0, 0.05) is 0 Å². The number of carbonyl (C=O) groups excluding carboxylic acids is 2. The van der Waals surface area contributed by atoms with Crippen LogP contribution < -0.4 is 0 Å². The summed E-state index contributed by atoms with van der Waals surface area (Å²) in [7, 11) is -3.98. The van der Waals surface area contributed by atoms with E-state index in [1.165, 1.54) is 0 Å². The fourth-order valence-electron chi connectivity index (χ4n) is 2.76. The smallest absolute Gasteiger partial charge is 0.311 e. The lowest BCUT2D eigenvalue weighted by Gasteiger charge is -2.34. The normalized spacial score (nSPS) is 20.4. The van der Waals surface area contributed by atoms with E-state index in [1.807, 2.05) is 54.5 Å². The second-order valence-corrected chi connectivity index (χ2v) is 17.1. The van der Waals surface area contributed by atoms with Gasteiger partial charge < -0.3 is 4.57 Å². The van der Waals surface area contributed by atoms with Gasteiger partial charge >= 0.3 is 6.03 Å². The maximum absolute atomic E-state index is 12.9. The van der Waals surface area contributed by atoms with Gasteiger partial charge in [-0.25, -0.2) is 4.79 Å². The minimum absolute atomic E-state index is 0.0483. The molecule has 1 atom stereocenters. The molecule has 1 unspecified atom stereocenters. The molecule has 1 saturated heterocycles. The van der Waals surface area contributed by atoms with Crippen molar-refractivity contribution in [2.75, 3.05) is 0 Å². The lowest BCUT2D eigenvalue weighted by atomic mass is 10.1. The molecule has 0 N–H and O–H groups in total. The van der Waals surface area contributed by atoms with E-state index in [-0.39, 0.29) is 11.9 Å². The molecular weight excluding hydrogens is 296 g/mol. The molecule has 1 fully saturated rings. The molecule has 0 saturated carbocycles. The summed E-state index contributed by atoms with van der Waals surface area (Å²) in [5.41, 5.74) is 0.916. The molecular formula is C15H24N2O2Si2. The summed E-state index contributed by atoms with van der Waals surface area (Å²) in [6.07, 6.45) is 0. The molecule has 0 aliphatic carbocycles. The van der Waals surface area contributed by atoms with E-state index in [9.17, 15) is 9.59 Å². The minimum Gasteiger partial charge on any atom is -0.338 e. The van der Waals surface area contributed by atoms with Crippen LogP contribution >= 0.6 is 0 Å². The molecule has 0 radical (unpaired) electrons. The van der Waals surface area contributed by atoms with Crippen molar-refractivity contribution in [1.29, 1.82) is 0 Å². The van der Waals surface area contributed by atoms with Crippen molar-refractivity contribution in [3.05, 3.63) is 35.9 Å². The fourth-order valence-corrected chi connectivity index (χ4v) is 6.04. The molecule has 3 amide bonds. The Kier molecular flexibility index (Phi) is 3.88. The number of hydrogen-bond donors (Lipinski definition) is 0. The Hall–Kier alpha value is -1.41. The lowest BCUT2D eigenvalue weighted by molar-refractivity contribution is -0.125. The van der Waals surface area contributed by atoms with Crippen LogP contribution in [0.25, 0.3) is 0 Å². The Balaban J connectivity index is 2.56. The fraction of sp³-hybridized carbons (Fsp3) is 0.467. The van der Waals surface area contributed by atoms with Gasteiger partial charge in [0.15, 0.2) is 16.5 Å². The van der Waals surface area contributed by atoms with Gasteiger partial charge in [0.1, 0.15) is 6.04 Å². The maximum atomic E-state index is 12.9. The van der Waals surface area contributed by atoms with Crippen LogP contribution in [-0.4, -0.2) is 37.5 Å². The van der Waals surface area contributed by atoms with Crippen molar-refractivity contribution in [2.45, 2.75) is 45.3 Å². The van der Waals surface area contributed by atoms with Crippen LogP contribution in [0.4, 0.5) is 4.79 Å². The van der Waals surface area contributed by atoms with Crippen molar-refractivity contribution in [2.24, 2.45) is 0 Å². The molecule has 1 aromatic carbocycles. The van der Waals surface area contributed by atoms with Gasteiger partial charge in [-0.15, -0.1) is 0 Å². The number of nitrogens with zero attached hydrogens (tertiary/aromatic N) is 2. The van der Waals surface area contributed by atoms with Crippen molar-refractivity contribution in [3.63, 3.8) is 0 Å². The van der Waals surface area contributed by atoms with Crippen LogP contribution in [0.15, 0.2) is 30.3 Å². The third kappa shape index (κ3) is 2.82. The van der Waals surface area contributed by atoms with Gasteiger partial charge in [-0.1, -0.05) is 69.6 Å². The molecule has 0 spiro atoms. The van der Waals surface area contributed by atoms with E-state index in [4.69, 9.17) is 0 Å². The van der Waals surface area contributed by atoms with Gasteiger partial charge in [0.25, 0.3) is 0 Å². The predicted molar refractivity (Wildman–Crippen MR) is 90.0 cm³/mol. The summed E-state index contributed by atoms with van der Waals surface area (Å²) in [5.74, 6) is -0.0483. The highest BCUT2D eigenvalue weighted by Crippen LogP contribution is 2.37. The standard InChI is InChI=1S/C15H24N2O2Si2/c1-20(2,3)16-13(12-10-8-7-9-11-12)14(18)17(15(16)19)21(4,5)6/h7-11,13H,1-6H3. The van der Waals surface area contributed by atoms with E-state index in [0.717, 1.165) is 5.56 Å². The quantitative estimate of drug-likeness (QED) is 0.630. The monoisotopic (exact) mass is 320 g/mol. The first-order valence-corrected chi connectivity index (χ1v) is 14.2. The molecule has 6 heteroatoms. The topological polar surface area (TPSA) is 40.6 Å². The molecule has 4 nitrogen and oxygen atoms in total. The van der Waals surface area contributed by atoms with Gasteiger partial charge in [-0.2, -0.15) is 0 Å². The van der Waals surface area contributed by atoms with E-state index in [1.54, 1.807) is 4.57 Å². The number of carbonyl (C=O) groups is 2. The summed E-state index contributed by atoms with van der Waals surface area (Å²) in [6, 6.07) is 9.12. The molecule has 1 heterocycles. The molecule has 2 rings (SSSR count). The van der Waals surface area contributed by atoms with E-state index in [0.29, 0.717) is 0 Å². The molecule has 1 aliphatic heterocycles. The first-order valence-electron chi connectivity index (χ1n) is 7.27. The Morgan fingerprint density at radius 3 is 1.81 bits per heavy atom. The number of hydrogen-bond acceptors (Lipinski definition) is 2. The number of rotatable bonds is 3. The molecule has 0 aromatic heterocycles. The second-order valence-electron chi connectivity index (χ2n) is 7.48. The Morgan fingerprint density at radius 1 is 0.857 bits per heavy atom. The third-order valence-corrected chi connectivity index (χ3v) is 7.27. The Bertz CT molecular complexity index is 561. The third-order valence-electron chi connectivity index (χ3n) is 3.62. The number of amides is 3. The van der Waals surface area contributed by atoms with Gasteiger partial charge in [-0.3, -0.25) is 9.36 Å². The largest absolute Gasteiger partial charge is 0.338 e. The molecule has 114 valence electrons. The van der Waals surface area contributed by atoms with E-state index < -0.39 is 22.5 Å². The average molecular weight is 321 g/mol. The molecule has 0 bridgehead atoms. The van der Waals surface area contributed by atoms with E-state index >= 15 is 0 Å². The summed E-state index contributed by atoms with van der Waals surface area (Å²) < 4.78 is 3.42. The van der Waals surface area contributed by atoms with Gasteiger partial charge in [0.05, 0.1) is 0 Å². The predicted octanol–water partition coefficient (Wildman–Crippen LogP) is 3.66. The molecule has 21 heavy (non-hydrogen) atoms. The average Bonchev–Trinajstić information content (AvgIpc) is 2.60. The maximum Gasteiger partial charge on any atom is 0.311 e. The highest BCUT2D eigenvalue weighted by molar-refractivity contribution is 6.81. The zero-order valence-corrected chi connectivity index (χ0v) is 15.7. The van der Waals surface area contributed by atoms with Crippen LogP contribution in [0.3, 0.4) is 0 Å². The SMILES string of the molecule is C[Si](C)(C)N1C(=O)C(c2ccccc2)N([Si](C)(C)C)C1=O. The zero-order chi connectivity index (χ0) is 16.0. The zero-order valence-electron chi connectivity index (χ0n) is 13.7. The van der Waals surface area contributed by atoms with Crippen molar-refractivity contribution in [1.82, 2.24) is 9.13 Å². The Labute approximate surface area is 128 Å². The summed E-state index contributed by atoms with van der Waals surface area (Å²) in [5, 5.41) is 0. The van der Waals surface area contributed by atoms with Crippen LogP contribution in [0.2, 0.25) is 39.3 Å². The summed E-state index contributed by atoms with van der Waals surface area (Å²) in [6.45, 7) is 12.5. The van der Waals surface area contributed by atoms with Crippen LogP contribution in [-0.2, 0) is 4.79 Å². The first-order chi connectivity index (χ1) is 9.55. The minimum atomic E-state index is -2.03. The second kappa shape index (κ2) is 5.10. The number of benzene rings is 1. The van der Waals surface area contributed by atoms with Crippen LogP contribution in [0.1, 0.15) is 11.6 Å². The molecule has 1 aromatic rings. The summed E-state index contributed by atoms with van der Waals surface area (Å²) in [4.78, 5) is 25.8. The van der Waals surface area contributed by atoms with Crippen molar-refractivity contribution >= 4 is 28.4 Å². The first kappa shape index (κ1) is 16.0. The van der Waals surface area contributed by atoms with E-state index in [2.05, 4.69) is 19.6 Å². The lowest BCUT2D eigenvalue weighted by Crippen LogP contribution is -2.53. The summed E-state index contributed by atoms with van der Waals surface area (Å²) >= 11 is 0. The van der Waals surface area contributed by atoms with Crippen molar-refractivity contribution < 1.29 is 9.59 Å². The highest BCUT2D eigenvalue weighted by Gasteiger charge is 2.53. The van der Waals surface area contributed by atoms with Crippen LogP contribution in [0.5, 0.6) is 0 Å². The van der Waals surface area contributed by atoms with Crippen molar-refractivity contribution in [3.8, 4) is 0 Å².